The van der Waals surface area contributed by atoms with Crippen molar-refractivity contribution in [3.8, 4) is 0 Å². The fourth-order valence-electron chi connectivity index (χ4n) is 2.32. The van der Waals surface area contributed by atoms with Crippen molar-refractivity contribution < 1.29 is 0 Å². The molecule has 0 bridgehead atoms. The smallest absolute Gasteiger partial charge is 0.166 e. The van der Waals surface area contributed by atoms with Gasteiger partial charge in [0.25, 0.3) is 0 Å². The number of benzene rings is 1. The highest BCUT2D eigenvalue weighted by Gasteiger charge is 2.12. The van der Waals surface area contributed by atoms with Crippen LogP contribution in [0.4, 0.5) is 0 Å². The van der Waals surface area contributed by atoms with Crippen molar-refractivity contribution in [1.29, 1.82) is 0 Å². The number of H-pyrrole nitrogens is 1. The summed E-state index contributed by atoms with van der Waals surface area (Å²) in [4.78, 5) is 8.04. The standard InChI is InChI=1S/C15H23N3S/c1-5-16-11(3)9-12(4)19-15-17-13-7-6-10(2)8-14(13)18-15/h6-8,11-12,16H,5,9H2,1-4H3,(H,17,18). The average molecular weight is 277 g/mol. The fraction of sp³-hybridized carbons (Fsp3) is 0.533. The van der Waals surface area contributed by atoms with Crippen LogP contribution in [0.25, 0.3) is 11.0 Å². The third-order valence-electron chi connectivity index (χ3n) is 3.17. The van der Waals surface area contributed by atoms with Gasteiger partial charge in [-0.2, -0.15) is 0 Å². The van der Waals surface area contributed by atoms with E-state index in [0.717, 1.165) is 29.2 Å². The van der Waals surface area contributed by atoms with E-state index in [9.17, 15) is 0 Å². The van der Waals surface area contributed by atoms with Gasteiger partial charge in [0.2, 0.25) is 0 Å². The molecule has 0 saturated carbocycles. The Bertz CT molecular complexity index is 535. The molecular formula is C15H23N3S. The molecule has 3 nitrogen and oxygen atoms in total. The number of imidazole rings is 1. The van der Waals surface area contributed by atoms with Crippen molar-refractivity contribution in [1.82, 2.24) is 15.3 Å². The zero-order valence-corrected chi connectivity index (χ0v) is 13.0. The summed E-state index contributed by atoms with van der Waals surface area (Å²) in [6.45, 7) is 9.78. The van der Waals surface area contributed by atoms with E-state index in [1.165, 1.54) is 5.56 Å². The number of rotatable bonds is 6. The van der Waals surface area contributed by atoms with Crippen LogP contribution < -0.4 is 5.32 Å². The number of nitrogens with one attached hydrogen (secondary N) is 2. The molecule has 1 aromatic carbocycles. The molecule has 0 aliphatic carbocycles. The lowest BCUT2D eigenvalue weighted by atomic mass is 10.2. The number of hydrogen-bond acceptors (Lipinski definition) is 3. The second kappa shape index (κ2) is 6.44. The summed E-state index contributed by atoms with van der Waals surface area (Å²) in [5.41, 5.74) is 3.45. The van der Waals surface area contributed by atoms with Gasteiger partial charge in [-0.3, -0.25) is 0 Å². The van der Waals surface area contributed by atoms with Gasteiger partial charge in [-0.05, 0) is 44.5 Å². The Hall–Kier alpha value is -1.00. The van der Waals surface area contributed by atoms with Crippen molar-refractivity contribution in [3.63, 3.8) is 0 Å². The first-order valence-corrected chi connectivity index (χ1v) is 7.83. The highest BCUT2D eigenvalue weighted by Crippen LogP contribution is 2.26. The summed E-state index contributed by atoms with van der Waals surface area (Å²) in [7, 11) is 0. The van der Waals surface area contributed by atoms with Crippen LogP contribution in [0.2, 0.25) is 0 Å². The van der Waals surface area contributed by atoms with Gasteiger partial charge in [-0.25, -0.2) is 4.98 Å². The van der Waals surface area contributed by atoms with Crippen molar-refractivity contribution in [2.75, 3.05) is 6.54 Å². The van der Waals surface area contributed by atoms with Gasteiger partial charge in [-0.1, -0.05) is 31.7 Å². The molecule has 4 heteroatoms. The van der Waals surface area contributed by atoms with Crippen LogP contribution in [0.3, 0.4) is 0 Å². The van der Waals surface area contributed by atoms with E-state index in [1.807, 2.05) is 11.8 Å². The lowest BCUT2D eigenvalue weighted by molar-refractivity contribution is 0.529. The summed E-state index contributed by atoms with van der Waals surface area (Å²) in [5.74, 6) is 0. The minimum atomic E-state index is 0.552. The van der Waals surface area contributed by atoms with Crippen LogP contribution in [-0.2, 0) is 0 Å². The first kappa shape index (κ1) is 14.4. The number of nitrogens with zero attached hydrogens (tertiary/aromatic N) is 1. The molecule has 2 N–H and O–H groups in total. The van der Waals surface area contributed by atoms with Gasteiger partial charge in [0.1, 0.15) is 0 Å². The molecule has 1 aromatic heterocycles. The molecular weight excluding hydrogens is 254 g/mol. The molecule has 0 saturated heterocycles. The summed E-state index contributed by atoms with van der Waals surface area (Å²) in [6, 6.07) is 6.89. The van der Waals surface area contributed by atoms with E-state index in [4.69, 9.17) is 0 Å². The van der Waals surface area contributed by atoms with Gasteiger partial charge in [0, 0.05) is 11.3 Å². The first-order valence-electron chi connectivity index (χ1n) is 6.95. The highest BCUT2D eigenvalue weighted by molar-refractivity contribution is 7.99. The Morgan fingerprint density at radius 1 is 1.37 bits per heavy atom. The van der Waals surface area contributed by atoms with Crippen molar-refractivity contribution in [2.45, 2.75) is 50.6 Å². The van der Waals surface area contributed by atoms with Gasteiger partial charge >= 0.3 is 0 Å². The van der Waals surface area contributed by atoms with Gasteiger partial charge in [0.15, 0.2) is 5.16 Å². The maximum atomic E-state index is 4.63. The average Bonchev–Trinajstić information content (AvgIpc) is 2.70. The predicted molar refractivity (Wildman–Crippen MR) is 83.9 cm³/mol. The van der Waals surface area contributed by atoms with Crippen LogP contribution in [-0.4, -0.2) is 27.8 Å². The van der Waals surface area contributed by atoms with E-state index in [2.05, 4.69) is 61.2 Å². The second-order valence-corrected chi connectivity index (χ2v) is 6.61. The zero-order valence-electron chi connectivity index (χ0n) is 12.2. The number of fused-ring (bicyclic) bond motifs is 1. The lowest BCUT2D eigenvalue weighted by Crippen LogP contribution is -2.28. The van der Waals surface area contributed by atoms with E-state index in [1.54, 1.807) is 0 Å². The zero-order chi connectivity index (χ0) is 13.8. The molecule has 2 unspecified atom stereocenters. The van der Waals surface area contributed by atoms with Gasteiger partial charge in [0.05, 0.1) is 11.0 Å². The lowest BCUT2D eigenvalue weighted by Gasteiger charge is -2.16. The first-order chi connectivity index (χ1) is 9.08. The molecule has 1 heterocycles. The third-order valence-corrected chi connectivity index (χ3v) is 4.18. The Balaban J connectivity index is 2.00. The minimum absolute atomic E-state index is 0.552. The Morgan fingerprint density at radius 2 is 2.16 bits per heavy atom. The maximum Gasteiger partial charge on any atom is 0.166 e. The second-order valence-electron chi connectivity index (χ2n) is 5.19. The largest absolute Gasteiger partial charge is 0.333 e. The molecule has 2 aromatic rings. The molecule has 0 aliphatic rings. The number of aryl methyl sites for hydroxylation is 1. The van der Waals surface area contributed by atoms with E-state index in [-0.39, 0.29) is 0 Å². The topological polar surface area (TPSA) is 40.7 Å². The van der Waals surface area contributed by atoms with E-state index in [0.29, 0.717) is 11.3 Å². The van der Waals surface area contributed by atoms with Crippen LogP contribution in [0, 0.1) is 6.92 Å². The number of thioether (sulfide) groups is 1. The molecule has 104 valence electrons. The molecule has 0 radical (unpaired) electrons. The fourth-order valence-corrected chi connectivity index (χ4v) is 3.41. The van der Waals surface area contributed by atoms with Crippen LogP contribution in [0.5, 0.6) is 0 Å². The SMILES string of the molecule is CCNC(C)CC(C)Sc1nc2ccc(C)cc2[nH]1. The predicted octanol–water partition coefficient (Wildman–Crippen LogP) is 3.74. The van der Waals surface area contributed by atoms with Crippen molar-refractivity contribution in [3.05, 3.63) is 23.8 Å². The van der Waals surface area contributed by atoms with Crippen LogP contribution in [0.15, 0.2) is 23.4 Å². The molecule has 0 amide bonds. The molecule has 2 atom stereocenters. The van der Waals surface area contributed by atoms with Gasteiger partial charge < -0.3 is 10.3 Å². The molecule has 19 heavy (non-hydrogen) atoms. The van der Waals surface area contributed by atoms with E-state index < -0.39 is 0 Å². The molecule has 2 rings (SSSR count). The highest BCUT2D eigenvalue weighted by atomic mass is 32.2. The normalized spacial score (nSPS) is 14.7. The number of aromatic nitrogens is 2. The summed E-state index contributed by atoms with van der Waals surface area (Å²) in [6.07, 6.45) is 1.15. The Kier molecular flexibility index (Phi) is 4.88. The minimum Gasteiger partial charge on any atom is -0.333 e. The van der Waals surface area contributed by atoms with Crippen LogP contribution in [0.1, 0.15) is 32.8 Å². The van der Waals surface area contributed by atoms with Crippen molar-refractivity contribution >= 4 is 22.8 Å². The van der Waals surface area contributed by atoms with Gasteiger partial charge in [-0.15, -0.1) is 0 Å². The van der Waals surface area contributed by atoms with Crippen molar-refractivity contribution in [2.24, 2.45) is 0 Å². The van der Waals surface area contributed by atoms with E-state index >= 15 is 0 Å². The Morgan fingerprint density at radius 3 is 2.89 bits per heavy atom. The maximum absolute atomic E-state index is 4.63. The summed E-state index contributed by atoms with van der Waals surface area (Å²) in [5, 5.41) is 5.03. The summed E-state index contributed by atoms with van der Waals surface area (Å²) < 4.78 is 0. The third kappa shape index (κ3) is 3.98. The summed E-state index contributed by atoms with van der Waals surface area (Å²) >= 11 is 1.82. The monoisotopic (exact) mass is 277 g/mol. The number of aromatic amines is 1. The van der Waals surface area contributed by atoms with Crippen LogP contribution >= 0.6 is 11.8 Å². The Labute approximate surface area is 119 Å². The molecule has 0 fully saturated rings. The molecule has 0 spiro atoms. The quantitative estimate of drug-likeness (QED) is 0.790. The molecule has 0 aliphatic heterocycles. The number of hydrogen-bond donors (Lipinski definition) is 2.